The quantitative estimate of drug-likeness (QED) is 0.0999. The average molecular weight is 652 g/mol. The zero-order chi connectivity index (χ0) is 31.3. The molecule has 1 aromatic heterocycles. The molecule has 0 aliphatic heterocycles. The summed E-state index contributed by atoms with van der Waals surface area (Å²) in [6.07, 6.45) is 16.0. The Morgan fingerprint density at radius 3 is 1.95 bits per heavy atom. The minimum Gasteiger partial charge on any atom is -0.478 e. The van der Waals surface area contributed by atoms with Crippen LogP contribution in [0.3, 0.4) is 0 Å². The maximum atomic E-state index is 13.0. The Hall–Kier alpha value is -2.70. The number of carboxylic acid groups (broad SMARTS) is 1. The summed E-state index contributed by atoms with van der Waals surface area (Å²) in [4.78, 5) is 13.8. The van der Waals surface area contributed by atoms with Crippen LogP contribution in [0.15, 0.2) is 57.4 Å². The number of aromatic carboxylic acids is 1. The van der Waals surface area contributed by atoms with Gasteiger partial charge in [-0.2, -0.15) is 13.2 Å². The number of fused-ring (bicyclic) bond motifs is 1. The van der Waals surface area contributed by atoms with Crippen molar-refractivity contribution in [2.24, 2.45) is 12.1 Å². The molecular weight excluding hydrogens is 607 g/mol. The van der Waals surface area contributed by atoms with Gasteiger partial charge in [-0.3, -0.25) is 0 Å². The fraction of sp³-hybridized carbons (Fsp3) is 0.548. The summed E-state index contributed by atoms with van der Waals surface area (Å²) in [6.45, 7) is 2.23. The molecule has 43 heavy (non-hydrogen) atoms. The van der Waals surface area contributed by atoms with Gasteiger partial charge in [-0.15, -0.1) is 5.10 Å². The van der Waals surface area contributed by atoms with E-state index in [1.54, 1.807) is 11.6 Å². The number of para-hydroxylation sites is 1. The lowest BCUT2D eigenvalue weighted by molar-refractivity contribution is 0.0692. The van der Waals surface area contributed by atoms with E-state index in [4.69, 9.17) is 0 Å². The predicted octanol–water partition coefficient (Wildman–Crippen LogP) is 6.99. The molecule has 9 nitrogen and oxygen atoms in total. The Labute approximate surface area is 260 Å². The standard InChI is InChI=1S/C31H45N3O6S3/c1-3-4-5-6-7-8-9-10-11-12-13-14-15-18-23-42(37,38)29-22-21-25(24-26(29)30(35)36)43(39,40)33-32-31-34(2)27-19-16-17-20-28(27)41-31/h16-17,19-22,24,33H,3-15,18,23H2,1-2H3,(H,35,36). The number of unbranched alkanes of at least 4 members (excludes halogenated alkanes) is 13. The van der Waals surface area contributed by atoms with Gasteiger partial charge >= 0.3 is 5.97 Å². The molecule has 12 heteroatoms. The molecule has 3 aromatic rings. The largest absolute Gasteiger partial charge is 0.478 e. The van der Waals surface area contributed by atoms with Crippen molar-refractivity contribution in [3.63, 3.8) is 0 Å². The lowest BCUT2D eigenvalue weighted by atomic mass is 10.0. The highest BCUT2D eigenvalue weighted by Gasteiger charge is 2.25. The normalized spacial score (nSPS) is 12.7. The Morgan fingerprint density at radius 1 is 0.837 bits per heavy atom. The number of hydrogen-bond donors (Lipinski definition) is 2. The zero-order valence-corrected chi connectivity index (χ0v) is 27.7. The van der Waals surface area contributed by atoms with Crippen molar-refractivity contribution in [3.8, 4) is 0 Å². The fourth-order valence-corrected chi connectivity index (χ4v) is 8.48. The summed E-state index contributed by atoms with van der Waals surface area (Å²) in [7, 11) is -6.41. The van der Waals surface area contributed by atoms with Crippen molar-refractivity contribution in [2.75, 3.05) is 5.75 Å². The summed E-state index contributed by atoms with van der Waals surface area (Å²) >= 11 is 1.29. The Bertz CT molecular complexity index is 1630. The van der Waals surface area contributed by atoms with E-state index in [9.17, 15) is 26.7 Å². The van der Waals surface area contributed by atoms with Crippen LogP contribution in [-0.2, 0) is 26.9 Å². The van der Waals surface area contributed by atoms with E-state index in [1.807, 2.05) is 24.3 Å². The van der Waals surface area contributed by atoms with Gasteiger partial charge in [-0.1, -0.05) is 114 Å². The molecule has 0 aliphatic rings. The highest BCUT2D eigenvalue weighted by atomic mass is 32.2. The van der Waals surface area contributed by atoms with Crippen LogP contribution in [0, 0.1) is 0 Å². The minimum atomic E-state index is -4.26. The van der Waals surface area contributed by atoms with Gasteiger partial charge < -0.3 is 9.67 Å². The molecular formula is C31H45N3O6S3. The molecule has 238 valence electrons. The van der Waals surface area contributed by atoms with Crippen LogP contribution in [0.4, 0.5) is 0 Å². The molecule has 0 bridgehead atoms. The van der Waals surface area contributed by atoms with E-state index in [0.717, 1.165) is 54.1 Å². The van der Waals surface area contributed by atoms with Crippen molar-refractivity contribution >= 4 is 47.4 Å². The zero-order valence-electron chi connectivity index (χ0n) is 25.3. The highest BCUT2D eigenvalue weighted by molar-refractivity contribution is 7.91. The van der Waals surface area contributed by atoms with E-state index in [0.29, 0.717) is 11.2 Å². The number of aromatic nitrogens is 1. The molecule has 0 saturated heterocycles. The summed E-state index contributed by atoms with van der Waals surface area (Å²) in [6, 6.07) is 10.6. The second-order valence-corrected chi connectivity index (χ2v) is 15.7. The monoisotopic (exact) mass is 651 g/mol. The van der Waals surface area contributed by atoms with Gasteiger partial charge in [0.15, 0.2) is 9.84 Å². The number of aryl methyl sites for hydroxylation is 1. The molecule has 2 N–H and O–H groups in total. The van der Waals surface area contributed by atoms with Crippen molar-refractivity contribution < 1.29 is 26.7 Å². The van der Waals surface area contributed by atoms with Crippen LogP contribution >= 0.6 is 11.3 Å². The smallest absolute Gasteiger partial charge is 0.337 e. The SMILES string of the molecule is CCCCCCCCCCCCCCCCS(=O)(=O)c1ccc(S(=O)(=O)NN=c2sc3ccccc3n2C)cc1C(=O)O. The summed E-state index contributed by atoms with van der Waals surface area (Å²) in [5.74, 6) is -1.70. The summed E-state index contributed by atoms with van der Waals surface area (Å²) in [5.41, 5.74) is 0.313. The van der Waals surface area contributed by atoms with Crippen molar-refractivity contribution in [3.05, 3.63) is 52.8 Å². The fourth-order valence-electron chi connectivity index (χ4n) is 5.05. The number of nitrogens with zero attached hydrogens (tertiary/aromatic N) is 2. The van der Waals surface area contributed by atoms with Gasteiger partial charge in [0.25, 0.3) is 10.0 Å². The first kappa shape index (κ1) is 34.8. The molecule has 1 heterocycles. The number of thiazole rings is 1. The number of benzene rings is 2. The van der Waals surface area contributed by atoms with Gasteiger partial charge in [0, 0.05) is 7.05 Å². The van der Waals surface area contributed by atoms with E-state index in [1.165, 1.54) is 69.1 Å². The first-order chi connectivity index (χ1) is 20.6. The number of sulfonamides is 1. The van der Waals surface area contributed by atoms with E-state index in [2.05, 4.69) is 16.9 Å². The Morgan fingerprint density at radius 2 is 1.40 bits per heavy atom. The third-order valence-corrected chi connectivity index (χ3v) is 11.7. The Balaban J connectivity index is 1.51. The molecule has 0 saturated carbocycles. The number of sulfone groups is 1. The molecule has 0 spiro atoms. The number of carboxylic acids is 1. The maximum Gasteiger partial charge on any atom is 0.337 e. The van der Waals surface area contributed by atoms with Crippen LogP contribution in [0.1, 0.15) is 107 Å². The van der Waals surface area contributed by atoms with Crippen molar-refractivity contribution in [1.82, 2.24) is 9.40 Å². The number of hydrogen-bond acceptors (Lipinski definition) is 7. The topological polar surface area (TPSA) is 135 Å². The molecule has 3 rings (SSSR count). The number of nitrogens with one attached hydrogen (secondary N) is 1. The van der Waals surface area contributed by atoms with Crippen LogP contribution in [-0.4, -0.2) is 38.2 Å². The van der Waals surface area contributed by atoms with Crippen molar-refractivity contribution in [2.45, 2.75) is 107 Å². The van der Waals surface area contributed by atoms with E-state index < -0.39 is 31.4 Å². The van der Waals surface area contributed by atoms with Crippen molar-refractivity contribution in [1.29, 1.82) is 0 Å². The van der Waals surface area contributed by atoms with Gasteiger partial charge in [0.2, 0.25) is 4.80 Å². The molecule has 0 amide bonds. The van der Waals surface area contributed by atoms with E-state index in [-0.39, 0.29) is 15.5 Å². The molecule has 0 aliphatic carbocycles. The average Bonchev–Trinajstić information content (AvgIpc) is 3.31. The highest BCUT2D eigenvalue weighted by Crippen LogP contribution is 2.23. The Kier molecular flexibility index (Phi) is 13.7. The first-order valence-corrected chi connectivity index (χ1v) is 19.2. The number of carbonyl (C=O) groups is 1. The summed E-state index contributed by atoms with van der Waals surface area (Å²) in [5, 5.41) is 13.8. The van der Waals surface area contributed by atoms with Crippen LogP contribution < -0.4 is 9.63 Å². The first-order valence-electron chi connectivity index (χ1n) is 15.3. The predicted molar refractivity (Wildman–Crippen MR) is 172 cm³/mol. The third kappa shape index (κ3) is 10.5. The molecule has 2 aromatic carbocycles. The van der Waals surface area contributed by atoms with Crippen LogP contribution in [0.25, 0.3) is 10.2 Å². The van der Waals surface area contributed by atoms with Crippen LogP contribution in [0.5, 0.6) is 0 Å². The third-order valence-electron chi connectivity index (χ3n) is 7.57. The minimum absolute atomic E-state index is 0.187. The molecule has 0 radical (unpaired) electrons. The van der Waals surface area contributed by atoms with Gasteiger partial charge in [-0.05, 0) is 36.8 Å². The molecule has 0 fully saturated rings. The van der Waals surface area contributed by atoms with Gasteiger partial charge in [0.05, 0.1) is 31.3 Å². The van der Waals surface area contributed by atoms with Crippen LogP contribution in [0.2, 0.25) is 0 Å². The molecule has 0 unspecified atom stereocenters. The second-order valence-electron chi connectivity index (χ2n) is 11.0. The van der Waals surface area contributed by atoms with Gasteiger partial charge in [0.1, 0.15) is 0 Å². The number of rotatable bonds is 20. The maximum absolute atomic E-state index is 13.0. The molecule has 0 atom stereocenters. The lowest BCUT2D eigenvalue weighted by Gasteiger charge is -2.10. The lowest BCUT2D eigenvalue weighted by Crippen LogP contribution is -2.24. The second kappa shape index (κ2) is 17.0. The van der Waals surface area contributed by atoms with E-state index >= 15 is 0 Å². The summed E-state index contributed by atoms with van der Waals surface area (Å²) < 4.78 is 54.6. The van der Waals surface area contributed by atoms with Gasteiger partial charge in [-0.25, -0.2) is 13.2 Å².